The van der Waals surface area contributed by atoms with Gasteiger partial charge < -0.3 is 10.1 Å². The number of hydrogen-bond donors (Lipinski definition) is 1. The molecular formula is C13H21F3N2OS. The number of halogens is 3. The first-order chi connectivity index (χ1) is 9.19. The van der Waals surface area contributed by atoms with E-state index in [1.807, 2.05) is 20.8 Å². The highest BCUT2D eigenvalue weighted by Gasteiger charge is 2.36. The topological polar surface area (TPSA) is 34.1 Å². The fourth-order valence-corrected chi connectivity index (χ4v) is 2.60. The third kappa shape index (κ3) is 5.03. The Hall–Kier alpha value is -0.660. The lowest BCUT2D eigenvalue weighted by Gasteiger charge is -2.28. The van der Waals surface area contributed by atoms with E-state index in [1.165, 1.54) is 6.20 Å². The number of rotatable bonds is 7. The third-order valence-corrected chi connectivity index (χ3v) is 4.15. The van der Waals surface area contributed by atoms with Gasteiger partial charge in [0.25, 0.3) is 0 Å². The summed E-state index contributed by atoms with van der Waals surface area (Å²) in [5.74, 6) is 0. The van der Waals surface area contributed by atoms with Crippen molar-refractivity contribution in [3.05, 3.63) is 16.1 Å². The molecule has 0 spiro atoms. The summed E-state index contributed by atoms with van der Waals surface area (Å²) in [6.45, 7) is 6.59. The molecule has 0 radical (unpaired) electrons. The molecule has 7 heteroatoms. The van der Waals surface area contributed by atoms with Crippen molar-refractivity contribution in [1.82, 2.24) is 10.3 Å². The number of nitrogens with one attached hydrogen (secondary N) is 1. The first-order valence-corrected chi connectivity index (χ1v) is 7.32. The number of methoxy groups -OCH3 is 1. The van der Waals surface area contributed by atoms with Crippen molar-refractivity contribution in [2.24, 2.45) is 0 Å². The summed E-state index contributed by atoms with van der Waals surface area (Å²) in [4.78, 5) is 4.08. The van der Waals surface area contributed by atoms with E-state index in [-0.39, 0.29) is 6.04 Å². The molecule has 20 heavy (non-hydrogen) atoms. The first kappa shape index (κ1) is 17.4. The molecule has 0 aromatic carbocycles. The lowest BCUT2D eigenvalue weighted by Crippen LogP contribution is -2.32. The Labute approximate surface area is 121 Å². The Bertz CT molecular complexity index is 418. The Morgan fingerprint density at radius 1 is 1.40 bits per heavy atom. The number of alkyl halides is 3. The van der Waals surface area contributed by atoms with Crippen LogP contribution in [0.4, 0.5) is 13.2 Å². The Morgan fingerprint density at radius 3 is 2.50 bits per heavy atom. The molecule has 3 nitrogen and oxygen atoms in total. The minimum atomic E-state index is -4.38. The highest BCUT2D eigenvalue weighted by molar-refractivity contribution is 7.11. The molecule has 116 valence electrons. The molecule has 1 atom stereocenters. The molecule has 0 aliphatic rings. The molecule has 0 bridgehead atoms. The lowest BCUT2D eigenvalue weighted by molar-refractivity contribution is -0.137. The average molecular weight is 310 g/mol. The predicted octanol–water partition coefficient (Wildman–Crippen LogP) is 4.02. The summed E-state index contributed by atoms with van der Waals surface area (Å²) in [6, 6.07) is -0.182. The van der Waals surface area contributed by atoms with Gasteiger partial charge in [0.1, 0.15) is 0 Å². The fourth-order valence-electron chi connectivity index (χ4n) is 1.75. The Balaban J connectivity index is 2.90. The minimum Gasteiger partial charge on any atom is -0.379 e. The second kappa shape index (κ2) is 6.87. The van der Waals surface area contributed by atoms with Crippen LogP contribution in [0.5, 0.6) is 0 Å². The molecule has 1 aromatic rings. The van der Waals surface area contributed by atoms with Crippen molar-refractivity contribution in [2.75, 3.05) is 13.7 Å². The van der Waals surface area contributed by atoms with Gasteiger partial charge in [-0.2, -0.15) is 13.2 Å². The molecule has 1 rings (SSSR count). The van der Waals surface area contributed by atoms with Crippen molar-refractivity contribution in [2.45, 2.75) is 51.4 Å². The number of ether oxygens (including phenoxy) is 1. The largest absolute Gasteiger partial charge is 0.443 e. The van der Waals surface area contributed by atoms with Crippen LogP contribution in [-0.4, -0.2) is 24.2 Å². The molecular weight excluding hydrogens is 289 g/mol. The van der Waals surface area contributed by atoms with Gasteiger partial charge in [0.15, 0.2) is 5.01 Å². The van der Waals surface area contributed by atoms with Gasteiger partial charge in [0, 0.05) is 24.2 Å². The molecule has 1 N–H and O–H groups in total. The maximum absolute atomic E-state index is 12.6. The smallest absolute Gasteiger partial charge is 0.379 e. The van der Waals surface area contributed by atoms with Gasteiger partial charge in [-0.25, -0.2) is 4.98 Å². The van der Waals surface area contributed by atoms with E-state index in [4.69, 9.17) is 4.74 Å². The van der Waals surface area contributed by atoms with E-state index in [2.05, 4.69) is 10.3 Å². The third-order valence-electron chi connectivity index (χ3n) is 3.00. The molecule has 1 aromatic heterocycles. The van der Waals surface area contributed by atoms with Crippen molar-refractivity contribution in [3.8, 4) is 0 Å². The zero-order valence-electron chi connectivity index (χ0n) is 12.2. The summed E-state index contributed by atoms with van der Waals surface area (Å²) < 4.78 is 43.2. The van der Waals surface area contributed by atoms with Crippen LogP contribution in [0.3, 0.4) is 0 Å². The summed E-state index contributed by atoms with van der Waals surface area (Å²) in [5.41, 5.74) is -0.409. The Kier molecular flexibility index (Phi) is 5.97. The molecule has 0 fully saturated rings. The highest BCUT2D eigenvalue weighted by atomic mass is 32.1. The molecule has 0 aliphatic heterocycles. The van der Waals surface area contributed by atoms with Crippen LogP contribution < -0.4 is 5.32 Å². The van der Waals surface area contributed by atoms with Crippen LogP contribution in [-0.2, 0) is 10.9 Å². The lowest BCUT2D eigenvalue weighted by atomic mass is 9.98. The van der Waals surface area contributed by atoms with E-state index in [0.29, 0.717) is 22.6 Å². The maximum atomic E-state index is 12.6. The van der Waals surface area contributed by atoms with Crippen molar-refractivity contribution < 1.29 is 17.9 Å². The highest BCUT2D eigenvalue weighted by Crippen LogP contribution is 2.36. The van der Waals surface area contributed by atoms with Crippen molar-refractivity contribution >= 4 is 11.3 Å². The molecule has 0 aliphatic carbocycles. The zero-order valence-corrected chi connectivity index (χ0v) is 13.0. The number of nitrogens with zero attached hydrogens (tertiary/aromatic N) is 1. The average Bonchev–Trinajstić information content (AvgIpc) is 2.83. The van der Waals surface area contributed by atoms with Gasteiger partial charge in [0.05, 0.1) is 5.60 Å². The minimum absolute atomic E-state index is 0.182. The van der Waals surface area contributed by atoms with E-state index >= 15 is 0 Å². The predicted molar refractivity (Wildman–Crippen MR) is 73.9 cm³/mol. The Morgan fingerprint density at radius 2 is 2.05 bits per heavy atom. The summed E-state index contributed by atoms with van der Waals surface area (Å²) in [6.07, 6.45) is -1.57. The van der Waals surface area contributed by atoms with Gasteiger partial charge in [-0.1, -0.05) is 6.92 Å². The van der Waals surface area contributed by atoms with Gasteiger partial charge >= 0.3 is 6.18 Å². The molecule has 1 unspecified atom stereocenters. The van der Waals surface area contributed by atoms with Crippen LogP contribution in [0.2, 0.25) is 0 Å². The van der Waals surface area contributed by atoms with Crippen LogP contribution >= 0.6 is 11.3 Å². The number of hydrogen-bond acceptors (Lipinski definition) is 4. The van der Waals surface area contributed by atoms with Crippen molar-refractivity contribution in [1.29, 1.82) is 0 Å². The van der Waals surface area contributed by atoms with Gasteiger partial charge in [-0.15, -0.1) is 11.3 Å². The summed E-state index contributed by atoms with van der Waals surface area (Å²) >= 11 is 0.695. The van der Waals surface area contributed by atoms with Gasteiger partial charge in [-0.3, -0.25) is 0 Å². The first-order valence-electron chi connectivity index (χ1n) is 6.51. The zero-order chi connectivity index (χ0) is 15.4. The standard InChI is InChI=1S/C13H21F3N2OS/c1-5-6-17-9(7-12(2,3)19-4)10-8-18-11(20-10)13(14,15)16/h8-9,17H,5-7H2,1-4H3. The monoisotopic (exact) mass is 310 g/mol. The van der Waals surface area contributed by atoms with E-state index in [1.54, 1.807) is 7.11 Å². The molecule has 0 amide bonds. The quantitative estimate of drug-likeness (QED) is 0.826. The number of aromatic nitrogens is 1. The fraction of sp³-hybridized carbons (Fsp3) is 0.769. The van der Waals surface area contributed by atoms with Crippen LogP contribution in [0.1, 0.15) is 49.5 Å². The molecule has 0 saturated carbocycles. The second-order valence-corrected chi connectivity index (χ2v) is 6.30. The molecule has 1 heterocycles. The number of thiazole rings is 1. The van der Waals surface area contributed by atoms with Crippen molar-refractivity contribution in [3.63, 3.8) is 0 Å². The van der Waals surface area contributed by atoms with Gasteiger partial charge in [-0.05, 0) is 33.2 Å². The summed E-state index contributed by atoms with van der Waals surface area (Å²) in [7, 11) is 1.60. The van der Waals surface area contributed by atoms with E-state index < -0.39 is 16.8 Å². The normalized spacial score (nSPS) is 14.6. The summed E-state index contributed by atoms with van der Waals surface area (Å²) in [5, 5.41) is 2.46. The SMILES string of the molecule is CCCNC(CC(C)(C)OC)c1cnc(C(F)(F)F)s1. The van der Waals surface area contributed by atoms with E-state index in [0.717, 1.165) is 13.0 Å². The maximum Gasteiger partial charge on any atom is 0.443 e. The second-order valence-electron chi connectivity index (χ2n) is 5.24. The van der Waals surface area contributed by atoms with Gasteiger partial charge in [0.2, 0.25) is 0 Å². The van der Waals surface area contributed by atoms with E-state index in [9.17, 15) is 13.2 Å². The van der Waals surface area contributed by atoms with Crippen LogP contribution in [0.15, 0.2) is 6.20 Å². The van der Waals surface area contributed by atoms with Crippen LogP contribution in [0.25, 0.3) is 0 Å². The molecule has 0 saturated heterocycles. The van der Waals surface area contributed by atoms with Crippen LogP contribution in [0, 0.1) is 0 Å².